The Bertz CT molecular complexity index is 660. The Kier molecular flexibility index (Phi) is 5.07. The number of rotatable bonds is 5. The van der Waals surface area contributed by atoms with Gasteiger partial charge in [-0.25, -0.2) is 0 Å². The first-order valence-electron chi connectivity index (χ1n) is 7.08. The molecule has 2 heterocycles. The number of nitrogens with one attached hydrogen (secondary N) is 1. The number of ether oxygens (including phenoxy) is 1. The molecule has 0 unspecified atom stereocenters. The van der Waals surface area contributed by atoms with Crippen LogP contribution in [0.25, 0.3) is 0 Å². The number of fused-ring (bicyclic) bond motifs is 1. The average Bonchev–Trinajstić information content (AvgIpc) is 3.01. The Hall–Kier alpha value is -1.44. The zero-order chi connectivity index (χ0) is 15.4. The quantitative estimate of drug-likeness (QED) is 0.851. The van der Waals surface area contributed by atoms with Gasteiger partial charge in [0.2, 0.25) is 5.91 Å². The van der Waals surface area contributed by atoms with Crippen molar-refractivity contribution in [1.29, 1.82) is 0 Å². The standard InChI is InChI=1S/C15H17N3O2S2/c1-21-15-18-17-14(22-15)9-16-13(19)8-12-11-5-3-2-4-10(11)6-7-20-12/h2-5,12H,6-9H2,1H3,(H,16,19)/t12-/m1/s1. The Morgan fingerprint density at radius 3 is 3.14 bits per heavy atom. The molecule has 0 bridgehead atoms. The normalized spacial score (nSPS) is 17.0. The number of carbonyl (C=O) groups is 1. The van der Waals surface area contributed by atoms with Gasteiger partial charge in [0.05, 0.1) is 25.7 Å². The molecule has 5 nitrogen and oxygen atoms in total. The fourth-order valence-electron chi connectivity index (χ4n) is 2.45. The summed E-state index contributed by atoms with van der Waals surface area (Å²) in [5.41, 5.74) is 2.41. The molecule has 2 aromatic rings. The van der Waals surface area contributed by atoms with Crippen LogP contribution >= 0.6 is 23.1 Å². The van der Waals surface area contributed by atoms with Gasteiger partial charge in [-0.05, 0) is 23.8 Å². The van der Waals surface area contributed by atoms with E-state index >= 15 is 0 Å². The van der Waals surface area contributed by atoms with E-state index in [-0.39, 0.29) is 12.0 Å². The lowest BCUT2D eigenvalue weighted by Gasteiger charge is -2.25. The molecule has 22 heavy (non-hydrogen) atoms. The molecule has 3 rings (SSSR count). The molecule has 1 atom stereocenters. The molecule has 7 heteroatoms. The number of carbonyl (C=O) groups excluding carboxylic acids is 1. The van der Waals surface area contributed by atoms with Gasteiger partial charge < -0.3 is 10.1 Å². The Balaban J connectivity index is 1.56. The van der Waals surface area contributed by atoms with Crippen LogP contribution in [-0.4, -0.2) is 29.0 Å². The van der Waals surface area contributed by atoms with E-state index < -0.39 is 0 Å². The topological polar surface area (TPSA) is 64.1 Å². The summed E-state index contributed by atoms with van der Waals surface area (Å²) in [6.45, 7) is 1.09. The number of amides is 1. The molecule has 1 amide bonds. The maximum Gasteiger partial charge on any atom is 0.223 e. The fraction of sp³-hybridized carbons (Fsp3) is 0.400. The lowest BCUT2D eigenvalue weighted by molar-refractivity contribution is -0.124. The third kappa shape index (κ3) is 3.66. The maximum absolute atomic E-state index is 12.1. The van der Waals surface area contributed by atoms with Crippen LogP contribution in [0.5, 0.6) is 0 Å². The first-order valence-corrected chi connectivity index (χ1v) is 9.13. The molecule has 0 aliphatic carbocycles. The molecule has 0 saturated carbocycles. The van der Waals surface area contributed by atoms with Gasteiger partial charge >= 0.3 is 0 Å². The SMILES string of the molecule is CSc1nnc(CNC(=O)C[C@H]2OCCc3ccccc32)s1. The largest absolute Gasteiger partial charge is 0.373 e. The molecule has 1 aliphatic heterocycles. The predicted octanol–water partition coefficient (Wildman–Crippen LogP) is 2.58. The Morgan fingerprint density at radius 1 is 1.45 bits per heavy atom. The van der Waals surface area contributed by atoms with E-state index in [4.69, 9.17) is 4.74 Å². The van der Waals surface area contributed by atoms with E-state index in [2.05, 4.69) is 21.6 Å². The van der Waals surface area contributed by atoms with E-state index in [1.165, 1.54) is 16.9 Å². The zero-order valence-corrected chi connectivity index (χ0v) is 13.9. The van der Waals surface area contributed by atoms with Crippen molar-refractivity contribution in [3.05, 3.63) is 40.4 Å². The average molecular weight is 335 g/mol. The second-order valence-electron chi connectivity index (χ2n) is 4.95. The zero-order valence-electron chi connectivity index (χ0n) is 12.2. The molecule has 1 N–H and O–H groups in total. The minimum absolute atomic E-state index is 0.0254. The van der Waals surface area contributed by atoms with Gasteiger partial charge in [0.25, 0.3) is 0 Å². The van der Waals surface area contributed by atoms with Crippen molar-refractivity contribution in [3.8, 4) is 0 Å². The second kappa shape index (κ2) is 7.21. The van der Waals surface area contributed by atoms with Gasteiger partial charge in [-0.2, -0.15) is 0 Å². The van der Waals surface area contributed by atoms with Crippen LogP contribution in [0.2, 0.25) is 0 Å². The predicted molar refractivity (Wildman–Crippen MR) is 87.0 cm³/mol. The van der Waals surface area contributed by atoms with Crippen molar-refractivity contribution in [2.24, 2.45) is 0 Å². The summed E-state index contributed by atoms with van der Waals surface area (Å²) in [5.74, 6) is -0.0254. The number of benzene rings is 1. The third-order valence-electron chi connectivity index (χ3n) is 3.52. The molecular weight excluding hydrogens is 318 g/mol. The van der Waals surface area contributed by atoms with Crippen molar-refractivity contribution in [2.75, 3.05) is 12.9 Å². The van der Waals surface area contributed by atoms with Gasteiger partial charge in [0.1, 0.15) is 5.01 Å². The van der Waals surface area contributed by atoms with Gasteiger partial charge in [0, 0.05) is 0 Å². The van der Waals surface area contributed by atoms with Crippen LogP contribution in [0, 0.1) is 0 Å². The molecule has 0 radical (unpaired) electrons. The summed E-state index contributed by atoms with van der Waals surface area (Å²) in [5, 5.41) is 11.8. The number of nitrogens with zero attached hydrogens (tertiary/aromatic N) is 2. The van der Waals surface area contributed by atoms with Gasteiger partial charge in [0.15, 0.2) is 4.34 Å². The van der Waals surface area contributed by atoms with E-state index in [9.17, 15) is 4.79 Å². The summed E-state index contributed by atoms with van der Waals surface area (Å²) >= 11 is 3.06. The molecule has 0 saturated heterocycles. The lowest BCUT2D eigenvalue weighted by atomic mass is 9.96. The van der Waals surface area contributed by atoms with Crippen LogP contribution < -0.4 is 5.32 Å². The van der Waals surface area contributed by atoms with Gasteiger partial charge in [-0.1, -0.05) is 47.4 Å². The summed E-state index contributed by atoms with van der Waals surface area (Å²) in [4.78, 5) is 12.1. The highest BCUT2D eigenvalue weighted by Gasteiger charge is 2.23. The number of hydrogen-bond donors (Lipinski definition) is 1. The molecule has 1 aromatic heterocycles. The Labute approximate surface area is 137 Å². The first-order chi connectivity index (χ1) is 10.8. The third-order valence-corrected chi connectivity index (χ3v) is 5.42. The van der Waals surface area contributed by atoms with E-state index in [1.807, 2.05) is 24.5 Å². The highest BCUT2D eigenvalue weighted by molar-refractivity contribution is 8.00. The maximum atomic E-state index is 12.1. The van der Waals surface area contributed by atoms with Crippen LogP contribution in [0.3, 0.4) is 0 Å². The minimum Gasteiger partial charge on any atom is -0.373 e. The molecule has 116 valence electrons. The fourth-order valence-corrected chi connectivity index (χ4v) is 3.71. The van der Waals surface area contributed by atoms with Crippen molar-refractivity contribution in [3.63, 3.8) is 0 Å². The molecule has 1 aliphatic rings. The number of hydrogen-bond acceptors (Lipinski definition) is 6. The monoisotopic (exact) mass is 335 g/mol. The lowest BCUT2D eigenvalue weighted by Crippen LogP contribution is -2.27. The highest BCUT2D eigenvalue weighted by atomic mass is 32.2. The summed E-state index contributed by atoms with van der Waals surface area (Å²) in [7, 11) is 0. The smallest absolute Gasteiger partial charge is 0.223 e. The van der Waals surface area contributed by atoms with Crippen molar-refractivity contribution >= 4 is 29.0 Å². The molecule has 1 aromatic carbocycles. The van der Waals surface area contributed by atoms with E-state index in [0.29, 0.717) is 19.6 Å². The molecule has 0 fully saturated rings. The summed E-state index contributed by atoms with van der Waals surface area (Å²) in [6.07, 6.45) is 3.06. The molecule has 0 spiro atoms. The van der Waals surface area contributed by atoms with Crippen LogP contribution in [-0.2, 0) is 22.5 Å². The summed E-state index contributed by atoms with van der Waals surface area (Å²) < 4.78 is 6.67. The first kappa shape index (κ1) is 15.5. The second-order valence-corrected chi connectivity index (χ2v) is 7.07. The van der Waals surface area contributed by atoms with Gasteiger partial charge in [-0.3, -0.25) is 4.79 Å². The van der Waals surface area contributed by atoms with Crippen molar-refractivity contribution in [2.45, 2.75) is 29.8 Å². The van der Waals surface area contributed by atoms with Gasteiger partial charge in [-0.15, -0.1) is 10.2 Å². The van der Waals surface area contributed by atoms with E-state index in [0.717, 1.165) is 21.3 Å². The minimum atomic E-state index is -0.152. The Morgan fingerprint density at radius 2 is 2.32 bits per heavy atom. The van der Waals surface area contributed by atoms with E-state index in [1.54, 1.807) is 11.8 Å². The van der Waals surface area contributed by atoms with Crippen molar-refractivity contribution in [1.82, 2.24) is 15.5 Å². The number of thioether (sulfide) groups is 1. The van der Waals surface area contributed by atoms with Crippen molar-refractivity contribution < 1.29 is 9.53 Å². The summed E-state index contributed by atoms with van der Waals surface area (Å²) in [6, 6.07) is 8.17. The highest BCUT2D eigenvalue weighted by Crippen LogP contribution is 2.29. The number of aromatic nitrogens is 2. The van der Waals surface area contributed by atoms with Crippen LogP contribution in [0.4, 0.5) is 0 Å². The van der Waals surface area contributed by atoms with Crippen LogP contribution in [0.1, 0.15) is 28.7 Å². The van der Waals surface area contributed by atoms with Crippen LogP contribution in [0.15, 0.2) is 28.6 Å². The molecular formula is C15H17N3O2S2.